The second-order valence-electron chi connectivity index (χ2n) is 8.02. The average Bonchev–Trinajstić information content (AvgIpc) is 3.30. The molecule has 4 aromatic carbocycles. The molecule has 0 aliphatic carbocycles. The van der Waals surface area contributed by atoms with Gasteiger partial charge in [-0.3, -0.25) is 14.4 Å². The van der Waals surface area contributed by atoms with Crippen LogP contribution in [0.1, 0.15) is 31.1 Å². The lowest BCUT2D eigenvalue weighted by atomic mass is 10.0. The van der Waals surface area contributed by atoms with Crippen LogP contribution in [0, 0.1) is 0 Å². The minimum absolute atomic E-state index is 0.0168. The maximum Gasteiger partial charge on any atom is 0.259 e. The van der Waals surface area contributed by atoms with Crippen molar-refractivity contribution in [3.05, 3.63) is 89.5 Å². The van der Waals surface area contributed by atoms with Gasteiger partial charge in [-0.15, -0.1) is 10.2 Å². The van der Waals surface area contributed by atoms with Gasteiger partial charge >= 0.3 is 0 Å². The summed E-state index contributed by atoms with van der Waals surface area (Å²) < 4.78 is 4.31. The number of anilines is 1. The summed E-state index contributed by atoms with van der Waals surface area (Å²) in [7, 11) is 0. The Bertz CT molecular complexity index is 1740. The van der Waals surface area contributed by atoms with Crippen LogP contribution in [0.4, 0.5) is 16.4 Å². The fourth-order valence-electron chi connectivity index (χ4n) is 3.76. The van der Waals surface area contributed by atoms with Crippen LogP contribution in [0.25, 0.3) is 21.7 Å². The van der Waals surface area contributed by atoms with Gasteiger partial charge in [0.05, 0.1) is 11.1 Å². The zero-order valence-electron chi connectivity index (χ0n) is 19.0. The zero-order valence-corrected chi connectivity index (χ0v) is 19.8. The Morgan fingerprint density at radius 2 is 1.54 bits per heavy atom. The number of phenolic OH excluding ortho intramolecular Hbond substituents is 1. The number of nitrogens with two attached hydrogens (primary N) is 2. The summed E-state index contributed by atoms with van der Waals surface area (Å²) in [5.41, 5.74) is 12.4. The van der Waals surface area contributed by atoms with E-state index in [9.17, 15) is 19.5 Å². The molecule has 0 unspecified atom stereocenters. The number of aromatic nitrogens is 1. The van der Waals surface area contributed by atoms with Crippen molar-refractivity contribution in [3.8, 4) is 5.75 Å². The largest absolute Gasteiger partial charge is 0.505 e. The molecule has 0 spiro atoms. The van der Waals surface area contributed by atoms with Crippen LogP contribution >= 0.6 is 11.5 Å². The van der Waals surface area contributed by atoms with Crippen molar-refractivity contribution in [2.75, 3.05) is 5.32 Å². The van der Waals surface area contributed by atoms with E-state index < -0.39 is 17.7 Å². The van der Waals surface area contributed by atoms with Crippen LogP contribution in [-0.2, 0) is 0 Å². The minimum Gasteiger partial charge on any atom is -0.505 e. The Hall–Kier alpha value is -5.16. The highest BCUT2D eigenvalue weighted by Gasteiger charge is 2.19. The number of azo groups is 1. The van der Waals surface area contributed by atoms with Crippen molar-refractivity contribution in [1.29, 1.82) is 0 Å². The van der Waals surface area contributed by atoms with Gasteiger partial charge in [0.15, 0.2) is 10.8 Å². The molecule has 1 aromatic heterocycles. The van der Waals surface area contributed by atoms with Crippen molar-refractivity contribution in [3.63, 3.8) is 0 Å². The molecule has 0 atom stereocenters. The number of aromatic hydroxyl groups is 1. The van der Waals surface area contributed by atoms with E-state index in [0.717, 1.165) is 11.5 Å². The first kappa shape index (κ1) is 23.6. The minimum atomic E-state index is -0.584. The van der Waals surface area contributed by atoms with E-state index in [1.165, 1.54) is 24.3 Å². The van der Waals surface area contributed by atoms with Crippen molar-refractivity contribution in [2.24, 2.45) is 21.7 Å². The molecule has 0 aliphatic rings. The predicted octanol–water partition coefficient (Wildman–Crippen LogP) is 5.02. The summed E-state index contributed by atoms with van der Waals surface area (Å²) in [4.78, 5) is 35.9. The molecule has 6 N–H and O–H groups in total. The number of fused-ring (bicyclic) bond motifs is 2. The molecule has 11 heteroatoms. The molecule has 0 radical (unpaired) electrons. The third-order valence-corrected chi connectivity index (χ3v) is 6.41. The standard InChI is InChI=1S/C26H18N6O4S/c27-23(34)13-5-8-16(9-6-13)29-25(36)19-11-14-3-1-2-4-17(14)21(22(19)33)30-31-26-18-12-15(24(28)35)7-10-20(18)32-37-26/h1-12,33H,(H2,27,34)(H2,28,35)(H,29,36)/b31-30+. The fraction of sp³-hybridized carbons (Fsp3) is 0. The Morgan fingerprint density at radius 3 is 2.27 bits per heavy atom. The number of nitrogens with zero attached hydrogens (tertiary/aromatic N) is 3. The van der Waals surface area contributed by atoms with Gasteiger partial charge in [-0.05, 0) is 65.4 Å². The van der Waals surface area contributed by atoms with Gasteiger partial charge in [-0.1, -0.05) is 24.3 Å². The molecular formula is C26H18N6O4S. The van der Waals surface area contributed by atoms with Crippen LogP contribution in [0.15, 0.2) is 83.0 Å². The molecule has 1 heterocycles. The number of benzene rings is 4. The molecular weight excluding hydrogens is 492 g/mol. The molecule has 0 fully saturated rings. The number of carbonyl (C=O) groups excluding carboxylic acids is 3. The van der Waals surface area contributed by atoms with E-state index in [2.05, 4.69) is 19.9 Å². The van der Waals surface area contributed by atoms with E-state index >= 15 is 0 Å². The number of nitrogens with one attached hydrogen (secondary N) is 1. The monoisotopic (exact) mass is 510 g/mol. The molecule has 0 saturated heterocycles. The third kappa shape index (κ3) is 4.58. The van der Waals surface area contributed by atoms with Crippen LogP contribution in [0.2, 0.25) is 0 Å². The van der Waals surface area contributed by atoms with E-state index in [4.69, 9.17) is 11.5 Å². The van der Waals surface area contributed by atoms with Crippen LogP contribution < -0.4 is 16.8 Å². The lowest BCUT2D eigenvalue weighted by molar-refractivity contribution is 0.0992. The molecule has 0 bridgehead atoms. The van der Waals surface area contributed by atoms with Gasteiger partial charge in [0.25, 0.3) is 5.91 Å². The SMILES string of the molecule is NC(=O)c1ccc(NC(=O)c2cc3ccccc3c(/N=N/c3snc4ccc(C(N)=O)cc34)c2O)cc1. The highest BCUT2D eigenvalue weighted by molar-refractivity contribution is 7.11. The topological polar surface area (TPSA) is 173 Å². The third-order valence-electron chi connectivity index (χ3n) is 5.65. The first-order chi connectivity index (χ1) is 17.8. The molecule has 0 saturated carbocycles. The van der Waals surface area contributed by atoms with Gasteiger partial charge in [-0.25, -0.2) is 0 Å². The van der Waals surface area contributed by atoms with E-state index in [0.29, 0.717) is 43.5 Å². The molecule has 5 rings (SSSR count). The van der Waals surface area contributed by atoms with E-state index in [1.807, 2.05) is 0 Å². The number of hydrogen-bond donors (Lipinski definition) is 4. The smallest absolute Gasteiger partial charge is 0.259 e. The normalized spacial score (nSPS) is 11.2. The maximum atomic E-state index is 13.1. The maximum absolute atomic E-state index is 13.1. The Labute approximate surface area is 213 Å². The fourth-order valence-corrected chi connectivity index (χ4v) is 4.44. The molecule has 3 amide bonds. The zero-order chi connectivity index (χ0) is 26.1. The summed E-state index contributed by atoms with van der Waals surface area (Å²) in [6.07, 6.45) is 0. The number of hydrogen-bond acceptors (Lipinski definition) is 8. The molecule has 182 valence electrons. The van der Waals surface area contributed by atoms with E-state index in [-0.39, 0.29) is 17.0 Å². The summed E-state index contributed by atoms with van der Waals surface area (Å²) >= 11 is 1.07. The summed E-state index contributed by atoms with van der Waals surface area (Å²) in [5, 5.41) is 24.6. The van der Waals surface area contributed by atoms with Crippen LogP contribution in [-0.4, -0.2) is 27.2 Å². The quantitative estimate of drug-likeness (QED) is 0.234. The lowest BCUT2D eigenvalue weighted by Gasteiger charge is -2.11. The van der Waals surface area contributed by atoms with Gasteiger partial charge in [0.2, 0.25) is 11.8 Å². The molecule has 5 aromatic rings. The van der Waals surface area contributed by atoms with Crippen molar-refractivity contribution in [2.45, 2.75) is 0 Å². The van der Waals surface area contributed by atoms with E-state index in [1.54, 1.807) is 48.5 Å². The first-order valence-corrected chi connectivity index (χ1v) is 11.7. The van der Waals surface area contributed by atoms with Crippen LogP contribution in [0.3, 0.4) is 0 Å². The number of amides is 3. The molecule has 0 aliphatic heterocycles. The lowest BCUT2D eigenvalue weighted by Crippen LogP contribution is -2.13. The van der Waals surface area contributed by atoms with Crippen molar-refractivity contribution >= 4 is 67.3 Å². The molecule has 10 nitrogen and oxygen atoms in total. The Morgan fingerprint density at radius 1 is 0.838 bits per heavy atom. The van der Waals surface area contributed by atoms with Gasteiger partial charge < -0.3 is 21.9 Å². The predicted molar refractivity (Wildman–Crippen MR) is 141 cm³/mol. The second-order valence-corrected chi connectivity index (χ2v) is 8.77. The number of rotatable bonds is 6. The second kappa shape index (κ2) is 9.47. The highest BCUT2D eigenvalue weighted by atomic mass is 32.1. The summed E-state index contributed by atoms with van der Waals surface area (Å²) in [6, 6.07) is 19.5. The summed E-state index contributed by atoms with van der Waals surface area (Å²) in [6.45, 7) is 0. The Balaban J connectivity index is 1.54. The van der Waals surface area contributed by atoms with Gasteiger partial charge in [-0.2, -0.15) is 4.37 Å². The van der Waals surface area contributed by atoms with Crippen molar-refractivity contribution in [1.82, 2.24) is 4.37 Å². The Kier molecular flexibility index (Phi) is 6.04. The molecule has 37 heavy (non-hydrogen) atoms. The van der Waals surface area contributed by atoms with Crippen molar-refractivity contribution < 1.29 is 19.5 Å². The average molecular weight is 511 g/mol. The summed E-state index contributed by atoms with van der Waals surface area (Å²) in [5.74, 6) is -2.11. The highest BCUT2D eigenvalue weighted by Crippen LogP contribution is 2.41. The number of phenols is 1. The first-order valence-electron chi connectivity index (χ1n) is 10.9. The number of primary amides is 2. The van der Waals surface area contributed by atoms with Gasteiger partial charge in [0.1, 0.15) is 5.69 Å². The number of carbonyl (C=O) groups is 3. The van der Waals surface area contributed by atoms with Gasteiger partial charge in [0, 0.05) is 27.6 Å². The van der Waals surface area contributed by atoms with Crippen LogP contribution in [0.5, 0.6) is 5.75 Å².